The number of nitrogens with zero attached hydrogens (tertiary/aromatic N) is 1. The number of likely N-dealkylation sites (N-methyl/N-ethyl adjacent to an activating group) is 1. The number of rotatable bonds is 0. The Kier molecular flexibility index (Phi) is 3.11. The standard InChI is InChI=1S/C4H8N2O.HI/c1-6-2-3-7-4(6)5;/h5H,2-3H2,1H3;1H. The van der Waals surface area contributed by atoms with Crippen LogP contribution in [-0.4, -0.2) is 31.1 Å². The van der Waals surface area contributed by atoms with E-state index in [0.29, 0.717) is 12.6 Å². The van der Waals surface area contributed by atoms with E-state index in [-0.39, 0.29) is 24.0 Å². The largest absolute Gasteiger partial charge is 0.463 e. The summed E-state index contributed by atoms with van der Waals surface area (Å²) in [6, 6.07) is 0.292. The third-order valence-electron chi connectivity index (χ3n) is 1.01. The Morgan fingerprint density at radius 2 is 2.38 bits per heavy atom. The molecule has 0 atom stereocenters. The van der Waals surface area contributed by atoms with Gasteiger partial charge in [-0.15, -0.1) is 24.0 Å². The van der Waals surface area contributed by atoms with Crippen molar-refractivity contribution in [2.75, 3.05) is 20.2 Å². The molecule has 4 heteroatoms. The first-order chi connectivity index (χ1) is 3.30. The van der Waals surface area contributed by atoms with Crippen LogP contribution in [0.25, 0.3) is 0 Å². The van der Waals surface area contributed by atoms with E-state index in [1.54, 1.807) is 4.90 Å². The van der Waals surface area contributed by atoms with Crippen LogP contribution < -0.4 is 0 Å². The average Bonchev–Trinajstić information content (AvgIpc) is 1.91. The van der Waals surface area contributed by atoms with E-state index in [9.17, 15) is 0 Å². The number of hydrogen-bond acceptors (Lipinski definition) is 2. The molecule has 1 aliphatic heterocycles. The molecule has 48 valence electrons. The van der Waals surface area contributed by atoms with Crippen LogP contribution in [-0.2, 0) is 4.74 Å². The summed E-state index contributed by atoms with van der Waals surface area (Å²) in [5.74, 6) is 0. The van der Waals surface area contributed by atoms with E-state index < -0.39 is 0 Å². The molecular formula is C4H9IN2O. The number of nitrogens with one attached hydrogen (secondary N) is 1. The number of halogens is 1. The van der Waals surface area contributed by atoms with Crippen LogP contribution in [0.15, 0.2) is 0 Å². The predicted molar refractivity (Wildman–Crippen MR) is 41.7 cm³/mol. The minimum absolute atomic E-state index is 0. The van der Waals surface area contributed by atoms with Crippen LogP contribution in [0, 0.1) is 5.41 Å². The van der Waals surface area contributed by atoms with Crippen molar-refractivity contribution in [3.05, 3.63) is 0 Å². The summed E-state index contributed by atoms with van der Waals surface area (Å²) in [6.07, 6.45) is 0. The van der Waals surface area contributed by atoms with Crippen molar-refractivity contribution in [3.8, 4) is 0 Å². The summed E-state index contributed by atoms with van der Waals surface area (Å²) in [4.78, 5) is 1.76. The SMILES string of the molecule is CN1CCOC1=N.I. The maximum absolute atomic E-state index is 6.96. The molecule has 3 nitrogen and oxygen atoms in total. The molecule has 1 rings (SSSR count). The second-order valence-corrected chi connectivity index (χ2v) is 1.58. The Balaban J connectivity index is 0.000000490. The molecule has 0 radical (unpaired) electrons. The highest BCUT2D eigenvalue weighted by Crippen LogP contribution is 1.95. The van der Waals surface area contributed by atoms with Gasteiger partial charge in [-0.25, -0.2) is 0 Å². The maximum Gasteiger partial charge on any atom is 0.284 e. The lowest BCUT2D eigenvalue weighted by molar-refractivity contribution is 0.349. The van der Waals surface area contributed by atoms with Gasteiger partial charge in [0.1, 0.15) is 6.61 Å². The molecule has 0 unspecified atom stereocenters. The van der Waals surface area contributed by atoms with Crippen molar-refractivity contribution in [1.29, 1.82) is 5.41 Å². The molecule has 0 spiro atoms. The van der Waals surface area contributed by atoms with Gasteiger partial charge in [-0.2, -0.15) is 0 Å². The van der Waals surface area contributed by atoms with Gasteiger partial charge in [0.15, 0.2) is 0 Å². The van der Waals surface area contributed by atoms with Gasteiger partial charge < -0.3 is 9.64 Å². The van der Waals surface area contributed by atoms with Crippen LogP contribution in [0.3, 0.4) is 0 Å². The highest BCUT2D eigenvalue weighted by Gasteiger charge is 2.11. The zero-order valence-electron chi connectivity index (χ0n) is 4.68. The molecular weight excluding hydrogens is 219 g/mol. The van der Waals surface area contributed by atoms with E-state index in [1.165, 1.54) is 0 Å². The molecule has 0 bridgehead atoms. The van der Waals surface area contributed by atoms with E-state index in [1.807, 2.05) is 7.05 Å². The molecule has 0 aromatic carbocycles. The first kappa shape index (κ1) is 8.00. The minimum atomic E-state index is 0. The maximum atomic E-state index is 6.96. The predicted octanol–water partition coefficient (Wildman–Crippen LogP) is 0.501. The fourth-order valence-electron chi connectivity index (χ4n) is 0.491. The van der Waals surface area contributed by atoms with E-state index in [4.69, 9.17) is 10.1 Å². The zero-order chi connectivity index (χ0) is 5.28. The summed E-state index contributed by atoms with van der Waals surface area (Å²) >= 11 is 0. The monoisotopic (exact) mass is 228 g/mol. The number of ether oxygens (including phenoxy) is 1. The van der Waals surface area contributed by atoms with Gasteiger partial charge in [-0.05, 0) is 0 Å². The van der Waals surface area contributed by atoms with Gasteiger partial charge in [0, 0.05) is 7.05 Å². The minimum Gasteiger partial charge on any atom is -0.463 e. The van der Waals surface area contributed by atoms with Crippen molar-refractivity contribution in [3.63, 3.8) is 0 Å². The molecule has 0 amide bonds. The molecule has 0 aliphatic carbocycles. The van der Waals surface area contributed by atoms with Crippen molar-refractivity contribution in [1.82, 2.24) is 4.90 Å². The molecule has 0 saturated carbocycles. The second kappa shape index (κ2) is 3.11. The molecule has 8 heavy (non-hydrogen) atoms. The van der Waals surface area contributed by atoms with Gasteiger partial charge in [0.2, 0.25) is 0 Å². The van der Waals surface area contributed by atoms with Gasteiger partial charge in [-0.3, -0.25) is 5.41 Å². The normalized spacial score (nSPS) is 17.6. The summed E-state index contributed by atoms with van der Waals surface area (Å²) < 4.78 is 4.77. The summed E-state index contributed by atoms with van der Waals surface area (Å²) in [5, 5.41) is 6.96. The topological polar surface area (TPSA) is 36.3 Å². The van der Waals surface area contributed by atoms with E-state index in [0.717, 1.165) is 6.54 Å². The molecule has 1 N–H and O–H groups in total. The van der Waals surface area contributed by atoms with Gasteiger partial charge in [-0.1, -0.05) is 0 Å². The van der Waals surface area contributed by atoms with Crippen LogP contribution in [0.4, 0.5) is 0 Å². The van der Waals surface area contributed by atoms with Crippen molar-refractivity contribution >= 4 is 30.0 Å². The summed E-state index contributed by atoms with van der Waals surface area (Å²) in [6.45, 7) is 1.54. The van der Waals surface area contributed by atoms with Crippen molar-refractivity contribution in [2.24, 2.45) is 0 Å². The van der Waals surface area contributed by atoms with E-state index >= 15 is 0 Å². The fourth-order valence-corrected chi connectivity index (χ4v) is 0.491. The Bertz CT molecular complexity index is 96.0. The van der Waals surface area contributed by atoms with Gasteiger partial charge >= 0.3 is 0 Å². The smallest absolute Gasteiger partial charge is 0.284 e. The lowest BCUT2D eigenvalue weighted by atomic mass is 10.7. The lowest BCUT2D eigenvalue weighted by Gasteiger charge is -2.02. The molecule has 1 aliphatic rings. The zero-order valence-corrected chi connectivity index (χ0v) is 7.01. The molecule has 1 fully saturated rings. The fraction of sp³-hybridized carbons (Fsp3) is 0.750. The molecule has 0 aromatic rings. The van der Waals surface area contributed by atoms with E-state index in [2.05, 4.69) is 0 Å². The van der Waals surface area contributed by atoms with Crippen LogP contribution in [0.1, 0.15) is 0 Å². The third-order valence-corrected chi connectivity index (χ3v) is 1.01. The molecule has 1 heterocycles. The second-order valence-electron chi connectivity index (χ2n) is 1.58. The quantitative estimate of drug-likeness (QED) is 0.613. The van der Waals surface area contributed by atoms with Crippen molar-refractivity contribution in [2.45, 2.75) is 0 Å². The van der Waals surface area contributed by atoms with Gasteiger partial charge in [0.05, 0.1) is 6.54 Å². The Hall–Kier alpha value is 0. The first-order valence-corrected chi connectivity index (χ1v) is 2.23. The first-order valence-electron chi connectivity index (χ1n) is 2.23. The molecule has 0 aromatic heterocycles. The summed E-state index contributed by atoms with van der Waals surface area (Å²) in [7, 11) is 1.84. The number of amidine groups is 1. The third kappa shape index (κ3) is 1.50. The van der Waals surface area contributed by atoms with Crippen LogP contribution in [0.2, 0.25) is 0 Å². The van der Waals surface area contributed by atoms with Crippen LogP contribution in [0.5, 0.6) is 0 Å². The highest BCUT2D eigenvalue weighted by molar-refractivity contribution is 14.0. The lowest BCUT2D eigenvalue weighted by Crippen LogP contribution is -2.18. The number of hydrogen-bond donors (Lipinski definition) is 1. The average molecular weight is 228 g/mol. The molecule has 1 saturated heterocycles. The highest BCUT2D eigenvalue weighted by atomic mass is 127. The van der Waals surface area contributed by atoms with Gasteiger partial charge in [0.25, 0.3) is 6.02 Å². The van der Waals surface area contributed by atoms with Crippen molar-refractivity contribution < 1.29 is 4.74 Å². The van der Waals surface area contributed by atoms with Crippen LogP contribution >= 0.6 is 24.0 Å². The Morgan fingerprint density at radius 3 is 2.50 bits per heavy atom. The Labute approximate surface area is 65.5 Å². The summed E-state index contributed by atoms with van der Waals surface area (Å²) in [5.41, 5.74) is 0. The Morgan fingerprint density at radius 1 is 1.75 bits per heavy atom.